The fourth-order valence-electron chi connectivity index (χ4n) is 4.04. The van der Waals surface area contributed by atoms with Crippen molar-refractivity contribution >= 4 is 23.5 Å². The first-order valence-corrected chi connectivity index (χ1v) is 17.0. The third kappa shape index (κ3) is 10.0. The number of nitrogens with one attached hydrogen (secondary N) is 2. The highest BCUT2D eigenvalue weighted by molar-refractivity contribution is 7.66. The first-order chi connectivity index (χ1) is 21.1. The van der Waals surface area contributed by atoms with Crippen molar-refractivity contribution in [1.29, 1.82) is 0 Å². The molecule has 0 radical (unpaired) electrons. The van der Waals surface area contributed by atoms with E-state index >= 15 is 0 Å². The Morgan fingerprint density at radius 3 is 2.09 bits per heavy atom. The van der Waals surface area contributed by atoms with Gasteiger partial charge in [0.05, 0.1) is 19.3 Å². The predicted octanol–water partition coefficient (Wildman–Crippen LogP) is -4.02. The Kier molecular flexibility index (Phi) is 12.2. The number of phosphoric acid groups is 3. The Balaban J connectivity index is 0.000000286. The van der Waals surface area contributed by atoms with Crippen LogP contribution in [0.1, 0.15) is 24.4 Å². The van der Waals surface area contributed by atoms with Crippen LogP contribution >= 0.6 is 23.5 Å². The number of aromatic amines is 2. The van der Waals surface area contributed by atoms with E-state index < -0.39 is 102 Å². The number of aromatic nitrogens is 4. The predicted molar refractivity (Wildman–Crippen MR) is 145 cm³/mol. The summed E-state index contributed by atoms with van der Waals surface area (Å²) in [7, 11) is -16.6. The number of hydrogen-bond acceptors (Lipinski definition) is 16. The maximum absolute atomic E-state index is 11.9. The molecule has 0 aliphatic carbocycles. The summed E-state index contributed by atoms with van der Waals surface area (Å²) in [5, 5.41) is 38.1. The van der Waals surface area contributed by atoms with Crippen LogP contribution in [0.5, 0.6) is 0 Å². The van der Waals surface area contributed by atoms with Crippen LogP contribution in [-0.2, 0) is 36.3 Å². The van der Waals surface area contributed by atoms with Crippen molar-refractivity contribution in [1.82, 2.24) is 19.1 Å². The first kappa shape index (κ1) is 38.0. The summed E-state index contributed by atoms with van der Waals surface area (Å²) in [6.07, 6.45) is -6.25. The summed E-state index contributed by atoms with van der Waals surface area (Å²) in [4.78, 5) is 84.9. The molecule has 2 aromatic rings. The van der Waals surface area contributed by atoms with Crippen LogP contribution in [0.3, 0.4) is 0 Å². The minimum Gasteiger partial charge on any atom is -0.394 e. The SMILES string of the molecule is Cc1cn([C@H]2C[C@H](O)[C@@H](COP(=O)(O)OP(=O)(O)OP(=O)(O)O)O2)c(=O)[nH]c1=O.O=c1ccn([C@@H]2O[C@H](CO)[C@@H](O)[C@H]2O)c(=O)[nH]1. The highest BCUT2D eigenvalue weighted by Gasteiger charge is 2.44. The van der Waals surface area contributed by atoms with Crippen molar-refractivity contribution in [3.63, 3.8) is 0 Å². The van der Waals surface area contributed by atoms with E-state index in [1.54, 1.807) is 0 Å². The van der Waals surface area contributed by atoms with E-state index in [1.807, 2.05) is 9.97 Å². The van der Waals surface area contributed by atoms with Crippen LogP contribution in [0.25, 0.3) is 0 Å². The molecule has 2 aliphatic rings. The molecule has 4 heterocycles. The number of ether oxygens (including phenoxy) is 2. The fourth-order valence-corrected chi connectivity index (χ4v) is 7.07. The minimum absolute atomic E-state index is 0.171. The number of aliphatic hydroxyl groups excluding tert-OH is 4. The second kappa shape index (κ2) is 14.7. The van der Waals surface area contributed by atoms with Gasteiger partial charge in [-0.15, -0.1) is 0 Å². The zero-order chi connectivity index (χ0) is 34.8. The molecule has 4 rings (SSSR count). The number of phosphoric ester groups is 1. The monoisotopic (exact) mass is 726 g/mol. The van der Waals surface area contributed by atoms with Gasteiger partial charge in [0.1, 0.15) is 30.6 Å². The number of H-pyrrole nitrogens is 2. The Morgan fingerprint density at radius 2 is 1.52 bits per heavy atom. The smallest absolute Gasteiger partial charge is 0.394 e. The Bertz CT molecular complexity index is 1770. The van der Waals surface area contributed by atoms with Gasteiger partial charge >= 0.3 is 34.8 Å². The molecule has 0 saturated carbocycles. The van der Waals surface area contributed by atoms with E-state index in [4.69, 9.17) is 29.3 Å². The molecule has 2 unspecified atom stereocenters. The topological polar surface area (TPSA) is 369 Å². The average molecular weight is 726 g/mol. The molecule has 9 atom stereocenters. The molecule has 2 fully saturated rings. The second-order valence-electron chi connectivity index (χ2n) is 9.54. The molecule has 27 heteroatoms. The van der Waals surface area contributed by atoms with Crippen molar-refractivity contribution in [2.45, 2.75) is 56.3 Å². The molecule has 24 nitrogen and oxygen atoms in total. The van der Waals surface area contributed by atoms with Gasteiger partial charge in [-0.3, -0.25) is 33.2 Å². The number of aryl methyl sites for hydroxylation is 1. The van der Waals surface area contributed by atoms with Crippen LogP contribution in [0.4, 0.5) is 0 Å². The zero-order valence-corrected chi connectivity index (χ0v) is 25.8. The Morgan fingerprint density at radius 1 is 0.891 bits per heavy atom. The quantitative estimate of drug-likeness (QED) is 0.104. The molecule has 0 bridgehead atoms. The van der Waals surface area contributed by atoms with Gasteiger partial charge in [-0.25, -0.2) is 23.3 Å². The summed E-state index contributed by atoms with van der Waals surface area (Å²) in [5.41, 5.74) is -2.59. The molecule has 0 spiro atoms. The number of nitrogens with zero attached hydrogens (tertiary/aromatic N) is 2. The van der Waals surface area contributed by atoms with Crippen LogP contribution < -0.4 is 22.5 Å². The maximum Gasteiger partial charge on any atom is 0.490 e. The lowest BCUT2D eigenvalue weighted by Crippen LogP contribution is -2.37. The summed E-state index contributed by atoms with van der Waals surface area (Å²) < 4.78 is 57.4. The van der Waals surface area contributed by atoms with Gasteiger partial charge in [-0.1, -0.05) is 0 Å². The molecule has 10 N–H and O–H groups in total. The molecular formula is C19H29N4O20P3. The Hall–Kier alpha value is -2.47. The Labute approximate surface area is 254 Å². The lowest BCUT2D eigenvalue weighted by molar-refractivity contribution is -0.0550. The fraction of sp³-hybridized carbons (Fsp3) is 0.579. The van der Waals surface area contributed by atoms with Gasteiger partial charge < -0.3 is 49.5 Å². The van der Waals surface area contributed by atoms with Gasteiger partial charge in [-0.05, 0) is 6.92 Å². The van der Waals surface area contributed by atoms with Crippen LogP contribution in [0.2, 0.25) is 0 Å². The largest absolute Gasteiger partial charge is 0.490 e. The molecule has 0 amide bonds. The minimum atomic E-state index is -5.67. The summed E-state index contributed by atoms with van der Waals surface area (Å²) in [5.74, 6) is 0. The third-order valence-corrected chi connectivity index (χ3v) is 9.92. The normalized spacial score (nSPS) is 29.0. The zero-order valence-electron chi connectivity index (χ0n) is 23.1. The van der Waals surface area contributed by atoms with E-state index in [0.717, 1.165) is 21.4 Å². The average Bonchev–Trinajstić information content (AvgIpc) is 3.41. The third-order valence-electron chi connectivity index (χ3n) is 6.12. The molecular weight excluding hydrogens is 697 g/mol. The second-order valence-corrected chi connectivity index (χ2v) is 14.0. The molecule has 2 aliphatic heterocycles. The molecule has 2 saturated heterocycles. The first-order valence-electron chi connectivity index (χ1n) is 12.5. The van der Waals surface area contributed by atoms with Crippen molar-refractivity contribution in [3.8, 4) is 0 Å². The van der Waals surface area contributed by atoms with Gasteiger partial charge in [0, 0.05) is 30.4 Å². The number of rotatable bonds is 10. The van der Waals surface area contributed by atoms with E-state index in [1.165, 1.54) is 13.1 Å². The van der Waals surface area contributed by atoms with Gasteiger partial charge in [0.25, 0.3) is 11.1 Å². The van der Waals surface area contributed by atoms with E-state index in [0.29, 0.717) is 0 Å². The molecule has 0 aromatic carbocycles. The highest BCUT2D eigenvalue weighted by Crippen LogP contribution is 2.66. The standard InChI is InChI=1S/C10H17N2O14P3.C9H12N2O6/c1-5-3-12(10(15)11-9(5)14)8-2-6(13)7(24-8)4-23-28(19,20)26-29(21,22)25-27(16,17)18;12-3-4-6(14)7(15)8(17-4)11-2-1-5(13)10-9(11)16/h3,6-8,13H,2,4H2,1H3,(H,19,20)(H,21,22)(H,11,14,15)(H2,16,17,18);1-2,4,6-8,12,14-15H,3H2,(H,10,13,16)/t6-,7+,8+;4-,6-,7-,8-/m01/s1. The van der Waals surface area contributed by atoms with Crippen molar-refractivity contribution < 1.29 is 76.3 Å². The van der Waals surface area contributed by atoms with Crippen LogP contribution in [0, 0.1) is 6.92 Å². The van der Waals surface area contributed by atoms with Crippen LogP contribution in [0.15, 0.2) is 37.6 Å². The number of hydrogen-bond donors (Lipinski definition) is 10. The van der Waals surface area contributed by atoms with Gasteiger partial charge in [0.15, 0.2) is 6.23 Å². The van der Waals surface area contributed by atoms with Gasteiger partial charge in [-0.2, -0.15) is 8.62 Å². The molecule has 2 aromatic heterocycles. The van der Waals surface area contributed by atoms with Crippen molar-refractivity contribution in [3.05, 3.63) is 65.7 Å². The lowest BCUT2D eigenvalue weighted by Gasteiger charge is -2.19. The van der Waals surface area contributed by atoms with Gasteiger partial charge in [0.2, 0.25) is 0 Å². The molecule has 260 valence electrons. The van der Waals surface area contributed by atoms with E-state index in [2.05, 4.69) is 13.1 Å². The van der Waals surface area contributed by atoms with E-state index in [-0.39, 0.29) is 12.0 Å². The highest BCUT2D eigenvalue weighted by atomic mass is 31.3. The molecule has 46 heavy (non-hydrogen) atoms. The summed E-state index contributed by atoms with van der Waals surface area (Å²) in [6, 6.07) is 1.09. The summed E-state index contributed by atoms with van der Waals surface area (Å²) in [6.45, 7) is 0.0677. The lowest BCUT2D eigenvalue weighted by atomic mass is 10.1. The maximum atomic E-state index is 11.9. The van der Waals surface area contributed by atoms with E-state index in [9.17, 15) is 53.1 Å². The number of aliphatic hydroxyl groups is 4. The summed E-state index contributed by atoms with van der Waals surface area (Å²) >= 11 is 0. The van der Waals surface area contributed by atoms with Crippen molar-refractivity contribution in [2.75, 3.05) is 13.2 Å². The van der Waals surface area contributed by atoms with Crippen LogP contribution in [-0.4, -0.2) is 103 Å². The van der Waals surface area contributed by atoms with Crippen molar-refractivity contribution in [2.24, 2.45) is 0 Å².